The highest BCUT2D eigenvalue weighted by Gasteiger charge is 2.18. The molecule has 1 nitrogen and oxygen atoms in total. The fourth-order valence-electron chi connectivity index (χ4n) is 8.56. The maximum atomic E-state index is 2.44. The molecule has 11 rings (SSSR count). The number of rotatable bonds is 4. The minimum Gasteiger partial charge on any atom is -0.309 e. The number of hydrogen-bond acceptors (Lipinski definition) is 0. The van der Waals surface area contributed by atoms with Crippen molar-refractivity contribution >= 4 is 64.9 Å². The van der Waals surface area contributed by atoms with Gasteiger partial charge < -0.3 is 4.57 Å². The van der Waals surface area contributed by atoms with Crippen molar-refractivity contribution in [1.29, 1.82) is 0 Å². The zero-order valence-corrected chi connectivity index (χ0v) is 27.8. The van der Waals surface area contributed by atoms with E-state index in [0.717, 1.165) is 5.69 Å². The van der Waals surface area contributed by atoms with Crippen molar-refractivity contribution in [2.45, 2.75) is 0 Å². The molecule has 236 valence electrons. The van der Waals surface area contributed by atoms with Gasteiger partial charge in [-0.25, -0.2) is 0 Å². The van der Waals surface area contributed by atoms with E-state index in [-0.39, 0.29) is 0 Å². The second-order valence-corrected chi connectivity index (χ2v) is 13.7. The normalized spacial score (nSPS) is 11.9. The summed E-state index contributed by atoms with van der Waals surface area (Å²) in [6.07, 6.45) is 0. The molecule has 0 saturated heterocycles. The van der Waals surface area contributed by atoms with E-state index >= 15 is 0 Å². The highest BCUT2D eigenvalue weighted by Crippen LogP contribution is 2.44. The minimum absolute atomic E-state index is 1.16. The third-order valence-corrected chi connectivity index (χ3v) is 10.9. The predicted octanol–water partition coefficient (Wildman–Crippen LogP) is 13.8. The molecule has 0 atom stereocenters. The SMILES string of the molecule is c1ccc(-c2cc(-c3ccc4ccc5c(-c6ccc7ccccc7c6)ccc6ccc3c4c65)cc(-n3c4ccccc4c4ccccc43)c2)cc1. The standard InChI is InChI=1S/C50H31N/c1-2-10-32(11-3-1)38-29-39(31-40(30-38)51-47-16-8-6-14-43(47)44-15-7-9-17-48(44)51)42-25-21-35-22-26-45-41(24-20-34-23-27-46(42)50(35)49(34)45)37-19-18-33-12-4-5-13-36(33)28-37/h1-31H. The monoisotopic (exact) mass is 645 g/mol. The van der Waals surface area contributed by atoms with Crippen LogP contribution in [0.5, 0.6) is 0 Å². The molecule has 0 amide bonds. The molecular weight excluding hydrogens is 615 g/mol. The number of nitrogens with zero attached hydrogens (tertiary/aromatic N) is 1. The number of benzene rings is 10. The largest absolute Gasteiger partial charge is 0.309 e. The van der Waals surface area contributed by atoms with E-state index in [9.17, 15) is 0 Å². The average Bonchev–Trinajstić information content (AvgIpc) is 3.54. The van der Waals surface area contributed by atoms with Crippen molar-refractivity contribution in [3.63, 3.8) is 0 Å². The van der Waals surface area contributed by atoms with Crippen molar-refractivity contribution in [2.24, 2.45) is 0 Å². The van der Waals surface area contributed by atoms with Crippen LogP contribution in [0.2, 0.25) is 0 Å². The highest BCUT2D eigenvalue weighted by atomic mass is 15.0. The Kier molecular flexibility index (Phi) is 6.02. The number of hydrogen-bond donors (Lipinski definition) is 0. The summed E-state index contributed by atoms with van der Waals surface area (Å²) >= 11 is 0. The van der Waals surface area contributed by atoms with E-state index in [1.165, 1.54) is 98.3 Å². The second-order valence-electron chi connectivity index (χ2n) is 13.7. The van der Waals surface area contributed by atoms with Gasteiger partial charge in [0.2, 0.25) is 0 Å². The second kappa shape index (κ2) is 10.9. The summed E-state index contributed by atoms with van der Waals surface area (Å²) in [7, 11) is 0. The predicted molar refractivity (Wildman–Crippen MR) is 218 cm³/mol. The van der Waals surface area contributed by atoms with Crippen LogP contribution in [0.15, 0.2) is 188 Å². The molecule has 0 fully saturated rings. The Labute approximate surface area is 295 Å². The lowest BCUT2D eigenvalue weighted by Gasteiger charge is -2.18. The van der Waals surface area contributed by atoms with Crippen LogP contribution in [0, 0.1) is 0 Å². The topological polar surface area (TPSA) is 4.93 Å². The Morgan fingerprint density at radius 3 is 1.49 bits per heavy atom. The van der Waals surface area contributed by atoms with Crippen LogP contribution >= 0.6 is 0 Å². The van der Waals surface area contributed by atoms with E-state index in [1.807, 2.05) is 0 Å². The van der Waals surface area contributed by atoms with E-state index in [0.29, 0.717) is 0 Å². The molecule has 11 aromatic rings. The van der Waals surface area contributed by atoms with Gasteiger partial charge in [-0.3, -0.25) is 0 Å². The van der Waals surface area contributed by atoms with Gasteiger partial charge in [-0.2, -0.15) is 0 Å². The fraction of sp³-hybridized carbons (Fsp3) is 0. The zero-order valence-electron chi connectivity index (χ0n) is 27.8. The van der Waals surface area contributed by atoms with Crippen molar-refractivity contribution < 1.29 is 0 Å². The molecule has 0 saturated carbocycles. The third-order valence-electron chi connectivity index (χ3n) is 10.9. The minimum atomic E-state index is 1.16. The Hall–Kier alpha value is -6.70. The molecule has 10 aromatic carbocycles. The van der Waals surface area contributed by atoms with Crippen LogP contribution in [0.3, 0.4) is 0 Å². The van der Waals surface area contributed by atoms with Gasteiger partial charge >= 0.3 is 0 Å². The van der Waals surface area contributed by atoms with Gasteiger partial charge in [0.05, 0.1) is 11.0 Å². The smallest absolute Gasteiger partial charge is 0.0541 e. The van der Waals surface area contributed by atoms with Gasteiger partial charge in [-0.05, 0) is 113 Å². The molecule has 0 aliphatic carbocycles. The molecule has 0 radical (unpaired) electrons. The molecule has 1 aromatic heterocycles. The lowest BCUT2D eigenvalue weighted by Crippen LogP contribution is -1.96. The van der Waals surface area contributed by atoms with Crippen molar-refractivity contribution in [3.8, 4) is 39.1 Å². The van der Waals surface area contributed by atoms with Crippen LogP contribution in [-0.4, -0.2) is 4.57 Å². The number of aromatic nitrogens is 1. The van der Waals surface area contributed by atoms with Crippen LogP contribution in [-0.2, 0) is 0 Å². The number of fused-ring (bicyclic) bond motifs is 4. The first-order valence-electron chi connectivity index (χ1n) is 17.7. The molecule has 0 N–H and O–H groups in total. The molecule has 1 heteroatoms. The van der Waals surface area contributed by atoms with Gasteiger partial charge in [-0.1, -0.05) is 152 Å². The molecule has 0 unspecified atom stereocenters. The zero-order chi connectivity index (χ0) is 33.5. The van der Waals surface area contributed by atoms with Crippen molar-refractivity contribution in [2.75, 3.05) is 0 Å². The van der Waals surface area contributed by atoms with Crippen LogP contribution in [0.25, 0.3) is 104 Å². The summed E-state index contributed by atoms with van der Waals surface area (Å²) in [6, 6.07) is 69.4. The summed E-state index contributed by atoms with van der Waals surface area (Å²) in [5.74, 6) is 0. The fourth-order valence-corrected chi connectivity index (χ4v) is 8.56. The van der Waals surface area contributed by atoms with Gasteiger partial charge in [0.15, 0.2) is 0 Å². The lowest BCUT2D eigenvalue weighted by molar-refractivity contribution is 1.18. The summed E-state index contributed by atoms with van der Waals surface area (Å²) in [5.41, 5.74) is 11.0. The van der Waals surface area contributed by atoms with E-state index in [4.69, 9.17) is 0 Å². The van der Waals surface area contributed by atoms with Crippen LogP contribution in [0.1, 0.15) is 0 Å². The first-order valence-corrected chi connectivity index (χ1v) is 17.7. The molecule has 0 aliphatic rings. The molecular formula is C50H31N. The maximum Gasteiger partial charge on any atom is 0.0541 e. The molecule has 0 aliphatic heterocycles. The summed E-state index contributed by atoms with van der Waals surface area (Å²) in [4.78, 5) is 0. The van der Waals surface area contributed by atoms with Crippen molar-refractivity contribution in [1.82, 2.24) is 4.57 Å². The maximum absolute atomic E-state index is 2.44. The van der Waals surface area contributed by atoms with Crippen LogP contribution in [0.4, 0.5) is 0 Å². The Morgan fingerprint density at radius 1 is 0.275 bits per heavy atom. The van der Waals surface area contributed by atoms with E-state index in [2.05, 4.69) is 193 Å². The Bertz CT molecular complexity index is 3070. The third kappa shape index (κ3) is 4.28. The highest BCUT2D eigenvalue weighted by molar-refractivity contribution is 6.27. The average molecular weight is 646 g/mol. The Balaban J connectivity index is 1.18. The van der Waals surface area contributed by atoms with Crippen LogP contribution < -0.4 is 0 Å². The molecule has 51 heavy (non-hydrogen) atoms. The molecule has 0 spiro atoms. The first kappa shape index (κ1) is 28.2. The summed E-state index contributed by atoms with van der Waals surface area (Å²) < 4.78 is 2.44. The van der Waals surface area contributed by atoms with Gasteiger partial charge in [0, 0.05) is 16.5 Å². The van der Waals surface area contributed by atoms with Gasteiger partial charge in [0.1, 0.15) is 0 Å². The summed E-state index contributed by atoms with van der Waals surface area (Å²) in [6.45, 7) is 0. The Morgan fingerprint density at radius 2 is 0.804 bits per heavy atom. The van der Waals surface area contributed by atoms with E-state index in [1.54, 1.807) is 0 Å². The van der Waals surface area contributed by atoms with Gasteiger partial charge in [0.25, 0.3) is 0 Å². The summed E-state index contributed by atoms with van der Waals surface area (Å²) in [5, 5.41) is 12.8. The van der Waals surface area contributed by atoms with Gasteiger partial charge in [-0.15, -0.1) is 0 Å². The first-order chi connectivity index (χ1) is 25.3. The lowest BCUT2D eigenvalue weighted by atomic mass is 9.86. The molecule has 1 heterocycles. The van der Waals surface area contributed by atoms with E-state index < -0.39 is 0 Å². The van der Waals surface area contributed by atoms with Crippen molar-refractivity contribution in [3.05, 3.63) is 188 Å². The number of para-hydroxylation sites is 2. The molecule has 0 bridgehead atoms. The quantitative estimate of drug-likeness (QED) is 0.168.